The Hall–Kier alpha value is -1.76. The highest BCUT2D eigenvalue weighted by molar-refractivity contribution is 14.1. The average molecular weight is 637 g/mol. The van der Waals surface area contributed by atoms with Gasteiger partial charge < -0.3 is 19.9 Å². The molecule has 0 atom stereocenters. The smallest absolute Gasteiger partial charge is 0.263 e. The van der Waals surface area contributed by atoms with Crippen LogP contribution in [-0.4, -0.2) is 39.7 Å². The lowest BCUT2D eigenvalue weighted by molar-refractivity contribution is 0.0904. The summed E-state index contributed by atoms with van der Waals surface area (Å²) >= 11 is 4.13. The Kier molecular flexibility index (Phi) is 10.5. The molecule has 0 spiro atoms. The maximum Gasteiger partial charge on any atom is 0.263 e. The molecule has 0 aliphatic carbocycles. The molecular weight excluding hydrogens is 612 g/mol. The number of nitrogen functional groups attached to an aromatic ring is 1. The number of nitrogens with one attached hydrogen (secondary N) is 1. The summed E-state index contributed by atoms with van der Waals surface area (Å²) in [5.41, 5.74) is 6.69. The number of carbonyl (C=O) groups excluding carboxylic acids is 1. The van der Waals surface area contributed by atoms with Gasteiger partial charge in [-0.15, -0.1) is 0 Å². The van der Waals surface area contributed by atoms with Gasteiger partial charge in [0.1, 0.15) is 11.6 Å². The number of benzene rings is 2. The van der Waals surface area contributed by atoms with E-state index in [9.17, 15) is 4.79 Å². The van der Waals surface area contributed by atoms with Crippen molar-refractivity contribution in [2.75, 3.05) is 24.9 Å². The Morgan fingerprint density at radius 2 is 1.63 bits per heavy atom. The minimum absolute atomic E-state index is 0.0482. The highest BCUT2D eigenvalue weighted by Gasteiger charge is 2.15. The van der Waals surface area contributed by atoms with E-state index in [0.717, 1.165) is 25.0 Å². The predicted octanol–water partition coefficient (Wildman–Crippen LogP) is 4.79. The van der Waals surface area contributed by atoms with Crippen LogP contribution in [0.15, 0.2) is 42.5 Å². The summed E-state index contributed by atoms with van der Waals surface area (Å²) in [7, 11) is 1.57. The van der Waals surface area contributed by atoms with Crippen LogP contribution in [0.3, 0.4) is 0 Å². The Bertz CT molecular complexity index is 847. The van der Waals surface area contributed by atoms with E-state index in [-0.39, 0.29) is 11.7 Å². The van der Waals surface area contributed by atoms with Gasteiger partial charge in [-0.3, -0.25) is 13.3 Å². The average Bonchev–Trinajstić information content (AvgIpc) is 2.77. The topological polar surface area (TPSA) is 97.9 Å². The molecule has 9 heteroatoms. The van der Waals surface area contributed by atoms with Gasteiger partial charge in [-0.05, 0) is 61.7 Å². The highest BCUT2D eigenvalue weighted by atomic mass is 127. The number of amidine groups is 1. The molecule has 0 saturated heterocycles. The molecule has 0 unspecified atom stereocenters. The molecule has 3 N–H and O–H groups in total. The van der Waals surface area contributed by atoms with Crippen molar-refractivity contribution >= 4 is 57.2 Å². The van der Waals surface area contributed by atoms with Crippen LogP contribution in [0, 0.1) is 5.41 Å². The first-order valence-corrected chi connectivity index (χ1v) is 11.9. The number of hydrogen-bond acceptors (Lipinski definition) is 5. The fraction of sp³-hybridized carbons (Fsp3) is 0.333. The van der Waals surface area contributed by atoms with Crippen LogP contribution < -0.4 is 19.9 Å². The van der Waals surface area contributed by atoms with Crippen molar-refractivity contribution in [1.82, 2.24) is 3.11 Å². The number of ether oxygens (including phenoxy) is 3. The third kappa shape index (κ3) is 7.49. The SMILES string of the molecule is COc1cc(C(=O)N(I)CI)ccc1OCCCCCOc1ccc(C(=N)N)cc1. The highest BCUT2D eigenvalue weighted by Crippen LogP contribution is 2.29. The van der Waals surface area contributed by atoms with Gasteiger partial charge in [-0.25, -0.2) is 0 Å². The van der Waals surface area contributed by atoms with E-state index in [1.54, 1.807) is 40.6 Å². The van der Waals surface area contributed by atoms with E-state index >= 15 is 0 Å². The molecule has 0 aromatic heterocycles. The Morgan fingerprint density at radius 3 is 2.23 bits per heavy atom. The number of methoxy groups -OCH3 is 1. The quantitative estimate of drug-likeness (QED) is 0.0664. The summed E-state index contributed by atoms with van der Waals surface area (Å²) in [6.45, 7) is 1.17. The van der Waals surface area contributed by atoms with Crippen molar-refractivity contribution in [2.45, 2.75) is 19.3 Å². The third-order valence-corrected chi connectivity index (χ3v) is 6.98. The van der Waals surface area contributed by atoms with Crippen LogP contribution in [-0.2, 0) is 0 Å². The molecule has 0 saturated carbocycles. The first-order chi connectivity index (χ1) is 14.5. The molecule has 7 nitrogen and oxygen atoms in total. The second-order valence-electron chi connectivity index (χ2n) is 6.35. The predicted molar refractivity (Wildman–Crippen MR) is 134 cm³/mol. The zero-order chi connectivity index (χ0) is 21.9. The van der Waals surface area contributed by atoms with Gasteiger partial charge in [0, 0.05) is 11.1 Å². The number of halogens is 2. The van der Waals surface area contributed by atoms with Crippen molar-refractivity contribution in [3.05, 3.63) is 53.6 Å². The Balaban J connectivity index is 1.71. The van der Waals surface area contributed by atoms with Crippen LogP contribution in [0.1, 0.15) is 35.2 Å². The minimum atomic E-state index is -0.0641. The number of alkyl halides is 1. The molecule has 2 rings (SSSR count). The molecule has 2 aromatic rings. The van der Waals surface area contributed by atoms with Gasteiger partial charge in [0.2, 0.25) is 0 Å². The molecule has 1 amide bonds. The largest absolute Gasteiger partial charge is 0.494 e. The minimum Gasteiger partial charge on any atom is -0.494 e. The van der Waals surface area contributed by atoms with Crippen molar-refractivity contribution in [3.63, 3.8) is 0 Å². The summed E-state index contributed by atoms with van der Waals surface area (Å²) in [4.78, 5) is 12.3. The van der Waals surface area contributed by atoms with Crippen LogP contribution in [0.2, 0.25) is 0 Å². The van der Waals surface area contributed by atoms with Crippen molar-refractivity contribution < 1.29 is 19.0 Å². The lowest BCUT2D eigenvalue weighted by Gasteiger charge is -2.14. The van der Waals surface area contributed by atoms with Gasteiger partial charge in [-0.1, -0.05) is 22.6 Å². The molecule has 2 aromatic carbocycles. The summed E-state index contributed by atoms with van der Waals surface area (Å²) in [5, 5.41) is 7.38. The zero-order valence-corrected chi connectivity index (χ0v) is 21.0. The molecule has 0 radical (unpaired) electrons. The van der Waals surface area contributed by atoms with E-state index in [4.69, 9.17) is 25.4 Å². The van der Waals surface area contributed by atoms with Crippen LogP contribution in [0.25, 0.3) is 0 Å². The van der Waals surface area contributed by atoms with Crippen molar-refractivity contribution in [2.24, 2.45) is 5.73 Å². The number of carbonyl (C=O) groups is 1. The summed E-state index contributed by atoms with van der Waals surface area (Å²) in [6, 6.07) is 12.4. The van der Waals surface area contributed by atoms with Gasteiger partial charge in [0.05, 0.1) is 47.7 Å². The molecule has 0 aliphatic rings. The lowest BCUT2D eigenvalue weighted by Crippen LogP contribution is -2.18. The van der Waals surface area contributed by atoms with Crippen LogP contribution in [0.5, 0.6) is 17.2 Å². The summed E-state index contributed by atoms with van der Waals surface area (Å²) in [5.74, 6) is 1.93. The molecule has 0 bridgehead atoms. The maximum absolute atomic E-state index is 12.3. The van der Waals surface area contributed by atoms with Crippen molar-refractivity contribution in [1.29, 1.82) is 5.41 Å². The standard InChI is InChI=1S/C21H25I2N3O4/c1-28-19-13-16(21(27)26(23)14-22)7-10-18(19)30-12-4-2-3-11-29-17-8-5-15(6-9-17)20(24)25/h5-10,13H,2-4,11-12,14H2,1H3,(H3,24,25). The Morgan fingerprint density at radius 1 is 1.00 bits per heavy atom. The second kappa shape index (κ2) is 12.8. The van der Waals surface area contributed by atoms with Gasteiger partial charge >= 0.3 is 0 Å². The van der Waals surface area contributed by atoms with Gasteiger partial charge in [0.25, 0.3) is 5.91 Å². The van der Waals surface area contributed by atoms with E-state index in [1.165, 1.54) is 0 Å². The third-order valence-electron chi connectivity index (χ3n) is 4.22. The molecule has 162 valence electrons. The number of unbranched alkanes of at least 4 members (excludes halogenated alkanes) is 2. The van der Waals surface area contributed by atoms with E-state index in [0.29, 0.717) is 40.4 Å². The molecule has 0 heterocycles. The fourth-order valence-electron chi connectivity index (χ4n) is 2.60. The summed E-state index contributed by atoms with van der Waals surface area (Å²) in [6.07, 6.45) is 2.75. The second-order valence-corrected chi connectivity index (χ2v) is 8.20. The molecular formula is C21H25I2N3O4. The normalized spacial score (nSPS) is 10.4. The van der Waals surface area contributed by atoms with Crippen LogP contribution in [0.4, 0.5) is 0 Å². The molecule has 0 fully saturated rings. The van der Waals surface area contributed by atoms with Crippen LogP contribution >= 0.6 is 45.5 Å². The zero-order valence-electron chi connectivity index (χ0n) is 16.7. The molecule has 0 aliphatic heterocycles. The first kappa shape index (κ1) is 24.5. The first-order valence-electron chi connectivity index (χ1n) is 9.38. The number of amides is 1. The van der Waals surface area contributed by atoms with Gasteiger partial charge in [-0.2, -0.15) is 0 Å². The van der Waals surface area contributed by atoms with Gasteiger partial charge in [0.15, 0.2) is 11.5 Å². The van der Waals surface area contributed by atoms with Crippen molar-refractivity contribution in [3.8, 4) is 17.2 Å². The van der Waals surface area contributed by atoms with E-state index < -0.39 is 0 Å². The van der Waals surface area contributed by atoms with E-state index in [1.807, 2.05) is 35.0 Å². The van der Waals surface area contributed by atoms with E-state index in [2.05, 4.69) is 22.6 Å². The molecule has 30 heavy (non-hydrogen) atoms. The number of nitrogens with two attached hydrogens (primary N) is 1. The number of rotatable bonds is 12. The number of hydrogen-bond donors (Lipinski definition) is 2. The number of nitrogens with zero attached hydrogens (tertiary/aromatic N) is 1. The lowest BCUT2D eigenvalue weighted by atomic mass is 10.2. The fourth-order valence-corrected chi connectivity index (χ4v) is 3.19. The monoisotopic (exact) mass is 637 g/mol. The Labute approximate surface area is 204 Å². The summed E-state index contributed by atoms with van der Waals surface area (Å²) < 4.78 is 19.1. The maximum atomic E-state index is 12.3.